The van der Waals surface area contributed by atoms with Crippen molar-refractivity contribution in [2.24, 2.45) is 5.73 Å². The molecule has 1 rings (SSSR count). The number of amides is 3. The van der Waals surface area contributed by atoms with Gasteiger partial charge in [-0.25, -0.2) is 4.79 Å². The third-order valence-electron chi connectivity index (χ3n) is 2.41. The highest BCUT2D eigenvalue weighted by atomic mass is 32.2. The van der Waals surface area contributed by atoms with Crippen LogP contribution in [0.3, 0.4) is 0 Å². The maximum Gasteiger partial charge on any atom is 0.312 e. The van der Waals surface area contributed by atoms with E-state index in [-0.39, 0.29) is 11.8 Å². The molecular formula is C11H19N5O2S2. The lowest BCUT2D eigenvalue weighted by atomic mass is 10.2. The standard InChI is InChI=1S/C11H19N5O2S2/c1-6(2)9-15-16-11(20-9)14-8(17)7(4-5-19-3)13-10(12)18/h6-7H,4-5H2,1-3H3,(H3,12,13,18)(H,14,16,17)/t7-/m0/s1. The summed E-state index contributed by atoms with van der Waals surface area (Å²) in [5.74, 6) is 0.671. The lowest BCUT2D eigenvalue weighted by molar-refractivity contribution is -0.117. The van der Waals surface area contributed by atoms with Crippen LogP contribution in [0.1, 0.15) is 31.2 Å². The van der Waals surface area contributed by atoms with Crippen molar-refractivity contribution in [3.05, 3.63) is 5.01 Å². The minimum absolute atomic E-state index is 0.259. The molecule has 0 fully saturated rings. The second kappa shape index (κ2) is 8.05. The van der Waals surface area contributed by atoms with Crippen LogP contribution < -0.4 is 16.4 Å². The van der Waals surface area contributed by atoms with E-state index in [1.54, 1.807) is 11.8 Å². The fourth-order valence-electron chi connectivity index (χ4n) is 1.39. The third kappa shape index (κ3) is 5.33. The number of hydrogen-bond acceptors (Lipinski definition) is 6. The van der Waals surface area contributed by atoms with Gasteiger partial charge in [0.15, 0.2) is 0 Å². The molecule has 0 spiro atoms. The van der Waals surface area contributed by atoms with Crippen molar-refractivity contribution in [3.8, 4) is 0 Å². The largest absolute Gasteiger partial charge is 0.352 e. The molecule has 0 aliphatic carbocycles. The van der Waals surface area contributed by atoms with Crippen molar-refractivity contribution in [1.82, 2.24) is 15.5 Å². The van der Waals surface area contributed by atoms with Gasteiger partial charge in [-0.1, -0.05) is 25.2 Å². The minimum atomic E-state index is -0.716. The predicted molar refractivity (Wildman–Crippen MR) is 82.1 cm³/mol. The highest BCUT2D eigenvalue weighted by Crippen LogP contribution is 2.22. The summed E-state index contributed by atoms with van der Waals surface area (Å²) < 4.78 is 0. The van der Waals surface area contributed by atoms with Gasteiger partial charge in [0.1, 0.15) is 11.0 Å². The second-order valence-corrected chi connectivity index (χ2v) is 6.43. The minimum Gasteiger partial charge on any atom is -0.352 e. The molecule has 1 aromatic heterocycles. The number of thioether (sulfide) groups is 1. The smallest absolute Gasteiger partial charge is 0.312 e. The first-order valence-corrected chi connectivity index (χ1v) is 8.34. The fraction of sp³-hybridized carbons (Fsp3) is 0.636. The Balaban J connectivity index is 2.65. The number of primary amides is 1. The Morgan fingerprint density at radius 1 is 1.40 bits per heavy atom. The van der Waals surface area contributed by atoms with Gasteiger partial charge in [-0.2, -0.15) is 11.8 Å². The van der Waals surface area contributed by atoms with Crippen molar-refractivity contribution in [2.75, 3.05) is 17.3 Å². The molecule has 112 valence electrons. The fourth-order valence-corrected chi connectivity index (χ4v) is 2.61. The van der Waals surface area contributed by atoms with Crippen LogP contribution in [0.15, 0.2) is 0 Å². The van der Waals surface area contributed by atoms with Crippen LogP contribution in [-0.4, -0.2) is 40.2 Å². The number of carbonyl (C=O) groups is 2. The van der Waals surface area contributed by atoms with Gasteiger partial charge in [-0.15, -0.1) is 10.2 Å². The summed E-state index contributed by atoms with van der Waals surface area (Å²) in [6.07, 6.45) is 2.44. The Hall–Kier alpha value is -1.35. The van der Waals surface area contributed by atoms with Crippen LogP contribution >= 0.6 is 23.1 Å². The third-order valence-corrected chi connectivity index (χ3v) is 4.19. The van der Waals surface area contributed by atoms with Gasteiger partial charge in [0, 0.05) is 5.92 Å². The molecule has 4 N–H and O–H groups in total. The molecule has 0 saturated heterocycles. The van der Waals surface area contributed by atoms with Crippen molar-refractivity contribution < 1.29 is 9.59 Å². The first kappa shape index (κ1) is 16.7. The Labute approximate surface area is 126 Å². The molecule has 0 radical (unpaired) electrons. The van der Waals surface area contributed by atoms with Gasteiger partial charge in [-0.3, -0.25) is 10.1 Å². The summed E-state index contributed by atoms with van der Waals surface area (Å²) in [4.78, 5) is 23.0. The molecule has 1 aromatic rings. The summed E-state index contributed by atoms with van der Waals surface area (Å²) in [6, 6.07) is -1.38. The van der Waals surface area contributed by atoms with Crippen molar-refractivity contribution >= 4 is 40.2 Å². The molecule has 9 heteroatoms. The number of urea groups is 1. The van der Waals surface area contributed by atoms with E-state index < -0.39 is 12.1 Å². The maximum absolute atomic E-state index is 12.1. The van der Waals surface area contributed by atoms with E-state index in [4.69, 9.17) is 5.73 Å². The van der Waals surface area contributed by atoms with E-state index in [2.05, 4.69) is 20.8 Å². The molecule has 0 aliphatic heterocycles. The topological polar surface area (TPSA) is 110 Å². The van der Waals surface area contributed by atoms with Crippen molar-refractivity contribution in [1.29, 1.82) is 0 Å². The number of carbonyl (C=O) groups excluding carboxylic acids is 2. The van der Waals surface area contributed by atoms with Crippen LogP contribution in [0.4, 0.5) is 9.93 Å². The second-order valence-electron chi connectivity index (χ2n) is 4.43. The van der Waals surface area contributed by atoms with Crippen molar-refractivity contribution in [3.63, 3.8) is 0 Å². The maximum atomic E-state index is 12.1. The molecule has 20 heavy (non-hydrogen) atoms. The normalized spacial score (nSPS) is 12.2. The van der Waals surface area contributed by atoms with E-state index in [1.807, 2.05) is 20.1 Å². The van der Waals surface area contributed by atoms with E-state index in [1.165, 1.54) is 11.3 Å². The lowest BCUT2D eigenvalue weighted by Crippen LogP contribution is -2.46. The summed E-state index contributed by atoms with van der Waals surface area (Å²) in [5.41, 5.74) is 5.08. The zero-order chi connectivity index (χ0) is 15.1. The van der Waals surface area contributed by atoms with Gasteiger partial charge in [-0.05, 0) is 18.4 Å². The molecule has 7 nitrogen and oxygen atoms in total. The number of rotatable bonds is 7. The number of nitrogens with one attached hydrogen (secondary N) is 2. The highest BCUT2D eigenvalue weighted by Gasteiger charge is 2.21. The Kier molecular flexibility index (Phi) is 6.73. The molecule has 1 atom stereocenters. The van der Waals surface area contributed by atoms with Crippen LogP contribution in [0.5, 0.6) is 0 Å². The van der Waals surface area contributed by atoms with Crippen LogP contribution in [0.2, 0.25) is 0 Å². The average molecular weight is 317 g/mol. The number of nitrogens with two attached hydrogens (primary N) is 1. The van der Waals surface area contributed by atoms with Gasteiger partial charge in [0.2, 0.25) is 11.0 Å². The van der Waals surface area contributed by atoms with E-state index in [0.717, 1.165) is 10.8 Å². The first-order valence-electron chi connectivity index (χ1n) is 6.13. The molecular weight excluding hydrogens is 298 g/mol. The number of aromatic nitrogens is 2. The summed E-state index contributed by atoms with van der Waals surface area (Å²) in [7, 11) is 0. The molecule has 3 amide bonds. The summed E-state index contributed by atoms with van der Waals surface area (Å²) in [5, 5.41) is 14.3. The molecule has 0 saturated carbocycles. The molecule has 0 unspecified atom stereocenters. The average Bonchev–Trinajstić information content (AvgIpc) is 2.82. The highest BCUT2D eigenvalue weighted by molar-refractivity contribution is 7.98. The van der Waals surface area contributed by atoms with Crippen molar-refractivity contribution in [2.45, 2.75) is 32.2 Å². The molecule has 1 heterocycles. The monoisotopic (exact) mass is 317 g/mol. The number of nitrogens with zero attached hydrogens (tertiary/aromatic N) is 2. The van der Waals surface area contributed by atoms with Crippen LogP contribution in [0.25, 0.3) is 0 Å². The molecule has 0 aliphatic rings. The first-order chi connectivity index (χ1) is 9.43. The van der Waals surface area contributed by atoms with Crippen LogP contribution in [0, 0.1) is 0 Å². The Morgan fingerprint density at radius 2 is 2.10 bits per heavy atom. The van der Waals surface area contributed by atoms with Gasteiger partial charge >= 0.3 is 6.03 Å². The molecule has 0 aromatic carbocycles. The zero-order valence-corrected chi connectivity index (χ0v) is 13.3. The lowest BCUT2D eigenvalue weighted by Gasteiger charge is -2.15. The quantitative estimate of drug-likeness (QED) is 0.704. The van der Waals surface area contributed by atoms with Crippen LogP contribution in [-0.2, 0) is 4.79 Å². The van der Waals surface area contributed by atoms with E-state index in [9.17, 15) is 9.59 Å². The summed E-state index contributed by atoms with van der Waals surface area (Å²) >= 11 is 2.92. The van der Waals surface area contributed by atoms with Gasteiger partial charge in [0.05, 0.1) is 0 Å². The van der Waals surface area contributed by atoms with Gasteiger partial charge < -0.3 is 11.1 Å². The van der Waals surface area contributed by atoms with Gasteiger partial charge in [0.25, 0.3) is 0 Å². The number of anilines is 1. The number of hydrogen-bond donors (Lipinski definition) is 3. The molecule has 0 bridgehead atoms. The Bertz CT molecular complexity index is 463. The Morgan fingerprint density at radius 3 is 2.60 bits per heavy atom. The zero-order valence-electron chi connectivity index (χ0n) is 11.7. The SMILES string of the molecule is CSCC[C@H](NC(N)=O)C(=O)Nc1nnc(C(C)C)s1. The van der Waals surface area contributed by atoms with E-state index >= 15 is 0 Å². The summed E-state index contributed by atoms with van der Waals surface area (Å²) in [6.45, 7) is 4.00. The predicted octanol–water partition coefficient (Wildman–Crippen LogP) is 1.39. The van der Waals surface area contributed by atoms with E-state index in [0.29, 0.717) is 11.6 Å².